The van der Waals surface area contributed by atoms with Gasteiger partial charge in [0, 0.05) is 16.6 Å². The smallest absolute Gasteiger partial charge is 0.430 e. The molecule has 0 amide bonds. The molecule has 0 aliphatic carbocycles. The monoisotopic (exact) mass is 485 g/mol. The molecule has 5 nitrogen and oxygen atoms in total. The number of carboxylic acid groups (broad SMARTS) is 1. The van der Waals surface area contributed by atoms with Gasteiger partial charge in [0.25, 0.3) is 0 Å². The Hall–Kier alpha value is -2.55. The van der Waals surface area contributed by atoms with E-state index in [0.717, 1.165) is 12.5 Å². The van der Waals surface area contributed by atoms with Crippen molar-refractivity contribution >= 4 is 23.6 Å². The van der Waals surface area contributed by atoms with Gasteiger partial charge in [0.05, 0.1) is 12.2 Å². The Balaban J connectivity index is 0.000000294. The lowest BCUT2D eigenvalue weighted by molar-refractivity contribution is -0.187. The Morgan fingerprint density at radius 3 is 2.27 bits per heavy atom. The van der Waals surface area contributed by atoms with Gasteiger partial charge in [0.2, 0.25) is 6.10 Å². The molecule has 1 aliphatic heterocycles. The number of hydrogen-bond donors (Lipinski definition) is 3. The minimum atomic E-state index is -4.82. The molecule has 4 N–H and O–H groups in total. The van der Waals surface area contributed by atoms with Crippen LogP contribution in [0.2, 0.25) is 5.02 Å². The van der Waals surface area contributed by atoms with Gasteiger partial charge < -0.3 is 20.7 Å². The summed E-state index contributed by atoms with van der Waals surface area (Å²) in [5.41, 5.74) is 6.32. The summed E-state index contributed by atoms with van der Waals surface area (Å²) in [6.07, 6.45) is -5.61. The third kappa shape index (κ3) is 7.22. The zero-order valence-electron chi connectivity index (χ0n) is 18.5. The molecule has 2 aromatic rings. The topological polar surface area (TPSA) is 92.8 Å². The predicted molar refractivity (Wildman–Crippen MR) is 121 cm³/mol. The number of fused-ring (bicyclic) bond motifs is 1. The summed E-state index contributed by atoms with van der Waals surface area (Å²) in [7, 11) is 0. The number of ether oxygens (including phenoxy) is 1. The molecule has 0 spiro atoms. The second-order valence-electron chi connectivity index (χ2n) is 8.70. The van der Waals surface area contributed by atoms with Crippen LogP contribution in [0.1, 0.15) is 37.5 Å². The van der Waals surface area contributed by atoms with Crippen molar-refractivity contribution < 1.29 is 32.9 Å². The van der Waals surface area contributed by atoms with E-state index >= 15 is 0 Å². The number of carboxylic acids is 1. The summed E-state index contributed by atoms with van der Waals surface area (Å²) in [4.78, 5) is 11.1. The highest BCUT2D eigenvalue weighted by molar-refractivity contribution is 6.31. The first-order valence-corrected chi connectivity index (χ1v) is 10.5. The van der Waals surface area contributed by atoms with Crippen LogP contribution < -0.4 is 10.5 Å². The molecule has 33 heavy (non-hydrogen) atoms. The van der Waals surface area contributed by atoms with E-state index in [1.807, 2.05) is 51.1 Å². The molecule has 0 saturated carbocycles. The van der Waals surface area contributed by atoms with E-state index in [9.17, 15) is 18.0 Å². The van der Waals surface area contributed by atoms with E-state index < -0.39 is 23.8 Å². The fourth-order valence-electron chi connectivity index (χ4n) is 3.19. The summed E-state index contributed by atoms with van der Waals surface area (Å²) in [5, 5.41) is 18.0. The lowest BCUT2D eigenvalue weighted by Crippen LogP contribution is -2.40. The fraction of sp³-hybridized carbons (Fsp3) is 0.375. The lowest BCUT2D eigenvalue weighted by atomic mass is 9.85. The van der Waals surface area contributed by atoms with Crippen LogP contribution in [0.5, 0.6) is 5.75 Å². The van der Waals surface area contributed by atoms with Crippen LogP contribution in [0.15, 0.2) is 48.0 Å². The second kappa shape index (κ2) is 10.6. The number of aliphatic carboxylic acids is 1. The van der Waals surface area contributed by atoms with Crippen molar-refractivity contribution in [2.24, 2.45) is 5.73 Å². The van der Waals surface area contributed by atoms with Gasteiger partial charge in [-0.25, -0.2) is 4.79 Å². The van der Waals surface area contributed by atoms with Gasteiger partial charge >= 0.3 is 12.1 Å². The highest BCUT2D eigenvalue weighted by atomic mass is 35.5. The molecule has 2 aromatic carbocycles. The van der Waals surface area contributed by atoms with Crippen LogP contribution in [0.3, 0.4) is 0 Å². The van der Waals surface area contributed by atoms with E-state index in [-0.39, 0.29) is 29.4 Å². The van der Waals surface area contributed by atoms with Gasteiger partial charge in [-0.1, -0.05) is 62.7 Å². The number of hydrogen-bond acceptors (Lipinski definition) is 4. The first-order chi connectivity index (χ1) is 15.2. The van der Waals surface area contributed by atoms with Crippen molar-refractivity contribution in [2.45, 2.75) is 50.9 Å². The third-order valence-corrected chi connectivity index (χ3v) is 5.18. The van der Waals surface area contributed by atoms with Gasteiger partial charge in [-0.3, -0.25) is 0 Å². The quantitative estimate of drug-likeness (QED) is 0.568. The van der Waals surface area contributed by atoms with Crippen LogP contribution in [0.25, 0.3) is 6.08 Å². The second-order valence-corrected chi connectivity index (χ2v) is 9.10. The Kier molecular flexibility index (Phi) is 8.57. The molecule has 180 valence electrons. The van der Waals surface area contributed by atoms with E-state index in [4.69, 9.17) is 32.3 Å². The molecule has 1 aliphatic rings. The zero-order valence-corrected chi connectivity index (χ0v) is 19.2. The molecule has 0 fully saturated rings. The maximum absolute atomic E-state index is 13.0. The molecule has 0 unspecified atom stereocenters. The average molecular weight is 486 g/mol. The Labute approximate surface area is 195 Å². The summed E-state index contributed by atoms with van der Waals surface area (Å²) in [6.45, 7) is 5.64. The number of aliphatic hydroxyl groups excluding tert-OH is 1. The predicted octanol–water partition coefficient (Wildman–Crippen LogP) is 4.98. The maximum atomic E-state index is 13.0. The van der Waals surface area contributed by atoms with E-state index in [1.54, 1.807) is 0 Å². The first-order valence-electron chi connectivity index (χ1n) is 10.2. The molecule has 3 rings (SSSR count). The normalized spacial score (nSPS) is 16.5. The van der Waals surface area contributed by atoms with Crippen molar-refractivity contribution in [3.8, 4) is 5.75 Å². The Morgan fingerprint density at radius 2 is 1.79 bits per heavy atom. The number of rotatable bonds is 4. The number of alkyl halides is 3. The molecule has 0 bridgehead atoms. The number of benzene rings is 2. The summed E-state index contributed by atoms with van der Waals surface area (Å²) < 4.78 is 43.9. The van der Waals surface area contributed by atoms with Crippen molar-refractivity contribution in [1.29, 1.82) is 0 Å². The Bertz CT molecular complexity index is 1000. The van der Waals surface area contributed by atoms with Crippen LogP contribution in [0, 0.1) is 0 Å². The van der Waals surface area contributed by atoms with Crippen molar-refractivity contribution in [2.75, 3.05) is 6.61 Å². The average Bonchev–Trinajstić information content (AvgIpc) is 2.72. The van der Waals surface area contributed by atoms with Crippen molar-refractivity contribution in [1.82, 2.24) is 0 Å². The van der Waals surface area contributed by atoms with Crippen LogP contribution in [-0.4, -0.2) is 41.1 Å². The van der Waals surface area contributed by atoms with Gasteiger partial charge in [-0.05, 0) is 41.2 Å². The summed E-state index contributed by atoms with van der Waals surface area (Å²) in [6, 6.07) is 12.7. The molecular weight excluding hydrogens is 459 g/mol. The third-order valence-electron chi connectivity index (χ3n) is 4.87. The van der Waals surface area contributed by atoms with Gasteiger partial charge in [0.1, 0.15) is 5.75 Å². The van der Waals surface area contributed by atoms with Crippen LogP contribution in [0.4, 0.5) is 13.2 Å². The minimum Gasteiger partial charge on any atom is -0.478 e. The largest absolute Gasteiger partial charge is 0.478 e. The molecule has 1 heterocycles. The maximum Gasteiger partial charge on any atom is 0.430 e. The van der Waals surface area contributed by atoms with Gasteiger partial charge in [0.15, 0.2) is 0 Å². The molecular formula is C24H27ClF3NO4. The highest BCUT2D eigenvalue weighted by Crippen LogP contribution is 2.41. The molecule has 0 radical (unpaired) electrons. The number of nitrogens with two attached hydrogens (primary N) is 1. The SMILES string of the molecule is CC(C)(C)c1cc2c(cc1Cl)C=C(C(=O)O)[C@H](C(F)(F)F)O2.N[C@@H](CO)Cc1ccccc1. The van der Waals surface area contributed by atoms with Crippen molar-refractivity contribution in [3.05, 3.63) is 69.8 Å². The van der Waals surface area contributed by atoms with Crippen molar-refractivity contribution in [3.63, 3.8) is 0 Å². The lowest BCUT2D eigenvalue weighted by Gasteiger charge is -2.29. The standard InChI is InChI=1S/C15H14ClF3O3.C9H13NO/c1-14(2,3)9-6-11-7(5-10(9)16)4-8(13(20)21)12(22-11)15(17,18)19;10-9(7-11)6-8-4-2-1-3-5-8/h4-6,12H,1-3H3,(H,20,21);1-5,9,11H,6-7,10H2/t12-;9-/m11/s1. The van der Waals surface area contributed by atoms with Crippen LogP contribution >= 0.6 is 11.6 Å². The molecule has 2 atom stereocenters. The highest BCUT2D eigenvalue weighted by Gasteiger charge is 2.48. The van der Waals surface area contributed by atoms with E-state index in [2.05, 4.69) is 0 Å². The first kappa shape index (κ1) is 26.7. The van der Waals surface area contributed by atoms with Gasteiger partial charge in [-0.15, -0.1) is 0 Å². The summed E-state index contributed by atoms with van der Waals surface area (Å²) >= 11 is 6.14. The van der Waals surface area contributed by atoms with E-state index in [0.29, 0.717) is 10.6 Å². The minimum absolute atomic E-state index is 0.0262. The molecule has 9 heteroatoms. The fourth-order valence-corrected chi connectivity index (χ4v) is 3.65. The van der Waals surface area contributed by atoms with Crippen LogP contribution in [-0.2, 0) is 16.6 Å². The molecule has 0 saturated heterocycles. The summed E-state index contributed by atoms with van der Waals surface area (Å²) in [5.74, 6) is -1.70. The number of halogens is 4. The number of carbonyl (C=O) groups is 1. The van der Waals surface area contributed by atoms with E-state index in [1.165, 1.54) is 17.7 Å². The Morgan fingerprint density at radius 1 is 1.18 bits per heavy atom. The molecule has 0 aromatic heterocycles. The number of aliphatic hydroxyl groups is 1. The van der Waals surface area contributed by atoms with Gasteiger partial charge in [-0.2, -0.15) is 13.2 Å². The zero-order chi connectivity index (χ0) is 25.0.